The van der Waals surface area contributed by atoms with E-state index >= 15 is 0 Å². The molecule has 65 heavy (non-hydrogen) atoms. The van der Waals surface area contributed by atoms with Crippen LogP contribution in [0.2, 0.25) is 0 Å². The first-order valence-electron chi connectivity index (χ1n) is 22.9. The quantitative estimate of drug-likeness (QED) is 0.151. The first-order chi connectivity index (χ1) is 31.6. The fourth-order valence-corrected chi connectivity index (χ4v) is 10.9. The first-order valence-corrected chi connectivity index (χ1v) is 22.9. The van der Waals surface area contributed by atoms with Crippen molar-refractivity contribution in [3.05, 3.63) is 234 Å². The summed E-state index contributed by atoms with van der Waals surface area (Å²) in [6, 6.07) is 74.4. The van der Waals surface area contributed by atoms with Gasteiger partial charge in [-0.2, -0.15) is 0 Å². The van der Waals surface area contributed by atoms with E-state index in [1.54, 1.807) is 0 Å². The highest BCUT2D eigenvalue weighted by molar-refractivity contribution is 6.16. The summed E-state index contributed by atoms with van der Waals surface area (Å²) < 4.78 is 2.64. The second-order valence-electron chi connectivity index (χ2n) is 19.2. The lowest BCUT2D eigenvalue weighted by atomic mass is 9.68. The molecule has 12 rings (SSSR count). The van der Waals surface area contributed by atoms with Gasteiger partial charge in [-0.1, -0.05) is 166 Å². The zero-order chi connectivity index (χ0) is 44.2. The normalized spacial score (nSPS) is 13.9. The molecule has 0 radical (unpaired) electrons. The van der Waals surface area contributed by atoms with Crippen molar-refractivity contribution in [1.29, 1.82) is 0 Å². The number of nitrogens with zero attached hydrogens (tertiary/aromatic N) is 3. The second-order valence-corrected chi connectivity index (χ2v) is 19.2. The monoisotopic (exact) mass is 837 g/mol. The van der Waals surface area contributed by atoms with E-state index in [4.69, 9.17) is 0 Å². The van der Waals surface area contributed by atoms with E-state index in [1.165, 1.54) is 83.1 Å². The molecule has 1 aromatic heterocycles. The highest BCUT2D eigenvalue weighted by Gasteiger charge is 2.44. The van der Waals surface area contributed by atoms with Crippen molar-refractivity contribution in [2.24, 2.45) is 0 Å². The van der Waals surface area contributed by atoms with Crippen molar-refractivity contribution in [3.8, 4) is 27.9 Å². The highest BCUT2D eigenvalue weighted by atomic mass is 15.2. The van der Waals surface area contributed by atoms with Crippen LogP contribution in [-0.4, -0.2) is 4.57 Å². The summed E-state index contributed by atoms with van der Waals surface area (Å²) in [6.07, 6.45) is 0. The lowest BCUT2D eigenvalue weighted by Crippen LogP contribution is -2.33. The average Bonchev–Trinajstić information content (AvgIpc) is 3.66. The number of para-hydroxylation sites is 1. The van der Waals surface area contributed by atoms with E-state index in [1.807, 2.05) is 0 Å². The molecular formula is C62H51N3. The molecule has 0 N–H and O–H groups in total. The van der Waals surface area contributed by atoms with E-state index in [9.17, 15) is 0 Å². The Labute approximate surface area is 382 Å². The molecule has 3 heterocycles. The maximum atomic E-state index is 2.64. The summed E-state index contributed by atoms with van der Waals surface area (Å²) in [6.45, 7) is 14.0. The summed E-state index contributed by atoms with van der Waals surface area (Å²) in [4.78, 5) is 4.91. The number of fused-ring (bicyclic) bond motifs is 1. The summed E-state index contributed by atoms with van der Waals surface area (Å²) in [5, 5.41) is 2.53. The molecule has 0 amide bonds. The fraction of sp³-hybridized carbons (Fsp3) is 0.129. The molecule has 0 unspecified atom stereocenters. The van der Waals surface area contributed by atoms with Gasteiger partial charge in [-0.25, -0.2) is 0 Å². The molecule has 0 saturated carbocycles. The van der Waals surface area contributed by atoms with Crippen molar-refractivity contribution in [3.63, 3.8) is 0 Å². The summed E-state index contributed by atoms with van der Waals surface area (Å²) in [5.41, 5.74) is 22.9. The predicted octanol–water partition coefficient (Wildman–Crippen LogP) is 17.0. The van der Waals surface area contributed by atoms with Gasteiger partial charge >= 0.3 is 0 Å². The minimum absolute atomic E-state index is 0.273. The van der Waals surface area contributed by atoms with E-state index < -0.39 is 0 Å². The van der Waals surface area contributed by atoms with Gasteiger partial charge in [-0.3, -0.25) is 0 Å². The Morgan fingerprint density at radius 3 is 1.03 bits per heavy atom. The minimum atomic E-state index is -0.273. The molecule has 0 aliphatic carbocycles. The molecule has 9 aromatic carbocycles. The first kappa shape index (κ1) is 39.0. The van der Waals surface area contributed by atoms with Gasteiger partial charge in [-0.15, -0.1) is 0 Å². The summed E-state index contributed by atoms with van der Waals surface area (Å²) in [5.74, 6) is 0. The van der Waals surface area contributed by atoms with Crippen LogP contribution in [0, 0.1) is 13.8 Å². The Hall–Kier alpha value is -7.62. The van der Waals surface area contributed by atoms with Crippen LogP contribution in [0.4, 0.5) is 34.1 Å². The number of hydrogen-bond donors (Lipinski definition) is 0. The molecule has 0 atom stereocenters. The molecule has 314 valence electrons. The van der Waals surface area contributed by atoms with E-state index in [0.29, 0.717) is 0 Å². The second kappa shape index (κ2) is 14.5. The number of aromatic nitrogens is 1. The Morgan fingerprint density at radius 1 is 0.323 bits per heavy atom. The number of hydrogen-bond acceptors (Lipinski definition) is 2. The van der Waals surface area contributed by atoms with Crippen LogP contribution in [0.5, 0.6) is 0 Å². The third kappa shape index (κ3) is 6.02. The van der Waals surface area contributed by atoms with Gasteiger partial charge in [-0.05, 0) is 131 Å². The lowest BCUT2D eigenvalue weighted by molar-refractivity contribution is 0.593. The Morgan fingerprint density at radius 2 is 0.662 bits per heavy atom. The number of aryl methyl sites for hydroxylation is 2. The van der Waals surface area contributed by atoms with Crippen LogP contribution in [0.3, 0.4) is 0 Å². The average molecular weight is 838 g/mol. The fourth-order valence-electron chi connectivity index (χ4n) is 10.9. The maximum absolute atomic E-state index is 2.64. The largest absolute Gasteiger partial charge is 0.310 e. The Bertz CT molecular complexity index is 3220. The summed E-state index contributed by atoms with van der Waals surface area (Å²) in [7, 11) is 0. The molecule has 0 spiro atoms. The Balaban J connectivity index is 1.14. The zero-order valence-corrected chi connectivity index (χ0v) is 37.9. The predicted molar refractivity (Wildman–Crippen MR) is 275 cm³/mol. The van der Waals surface area contributed by atoms with Crippen LogP contribution < -0.4 is 9.80 Å². The van der Waals surface area contributed by atoms with Crippen molar-refractivity contribution in [1.82, 2.24) is 4.57 Å². The highest BCUT2D eigenvalue weighted by Crippen LogP contribution is 2.57. The van der Waals surface area contributed by atoms with Gasteiger partial charge in [0.1, 0.15) is 0 Å². The molecular weight excluding hydrogens is 787 g/mol. The van der Waals surface area contributed by atoms with E-state index in [0.717, 1.165) is 34.1 Å². The lowest BCUT2D eigenvalue weighted by Gasteiger charge is -2.42. The third-order valence-electron chi connectivity index (χ3n) is 14.4. The molecule has 10 aromatic rings. The van der Waals surface area contributed by atoms with Gasteiger partial charge in [0.05, 0.1) is 16.7 Å². The van der Waals surface area contributed by atoms with Crippen molar-refractivity contribution < 1.29 is 0 Å². The van der Waals surface area contributed by atoms with Crippen LogP contribution in [0.15, 0.2) is 200 Å². The van der Waals surface area contributed by atoms with Crippen molar-refractivity contribution >= 4 is 55.9 Å². The molecule has 0 saturated heterocycles. The molecule has 3 nitrogen and oxygen atoms in total. The van der Waals surface area contributed by atoms with E-state index in [2.05, 4.69) is 256 Å². The van der Waals surface area contributed by atoms with Crippen LogP contribution in [0.25, 0.3) is 49.7 Å². The third-order valence-corrected chi connectivity index (χ3v) is 14.4. The smallest absolute Gasteiger partial charge is 0.0583 e. The van der Waals surface area contributed by atoms with Gasteiger partial charge in [0, 0.05) is 55.7 Å². The molecule has 0 bridgehead atoms. The SMILES string of the molecule is Cc1ccc(N(c2ccc(-c3ccccc3)cc2)c2cc3c4c(c2)c2cc(N(c5ccc(C)cc5)c5ccc(-c6ccccc6)cc5)cc5c2n4-c2c(cccc2C5(C)C)C3(C)C)cc1. The number of benzene rings is 9. The van der Waals surface area contributed by atoms with Crippen molar-refractivity contribution in [2.75, 3.05) is 9.80 Å². The molecule has 2 aliphatic heterocycles. The topological polar surface area (TPSA) is 11.4 Å². The van der Waals surface area contributed by atoms with Gasteiger partial charge in [0.25, 0.3) is 0 Å². The molecule has 3 heteroatoms. The molecule has 2 aliphatic rings. The van der Waals surface area contributed by atoms with Gasteiger partial charge in [0.2, 0.25) is 0 Å². The zero-order valence-electron chi connectivity index (χ0n) is 37.9. The minimum Gasteiger partial charge on any atom is -0.310 e. The number of anilines is 6. The van der Waals surface area contributed by atoms with E-state index in [-0.39, 0.29) is 10.8 Å². The molecule has 0 fully saturated rings. The summed E-state index contributed by atoms with van der Waals surface area (Å²) >= 11 is 0. The van der Waals surface area contributed by atoms with Crippen LogP contribution in [0.1, 0.15) is 61.1 Å². The van der Waals surface area contributed by atoms with Gasteiger partial charge < -0.3 is 14.4 Å². The van der Waals surface area contributed by atoms with Crippen LogP contribution >= 0.6 is 0 Å². The van der Waals surface area contributed by atoms with Crippen LogP contribution in [-0.2, 0) is 10.8 Å². The van der Waals surface area contributed by atoms with Gasteiger partial charge in [0.15, 0.2) is 0 Å². The van der Waals surface area contributed by atoms with Crippen molar-refractivity contribution in [2.45, 2.75) is 52.4 Å². The Kier molecular flexibility index (Phi) is 8.67. The standard InChI is InChI=1S/C62H51N3/c1-40-20-28-46(29-21-40)63(48-32-24-44(25-33-48)42-14-9-7-10-15-42)50-36-52-53-37-51(64(47-30-22-41(2)23-31-47)49-34-26-45(27-35-49)43-16-11-8-12-17-43)39-57-59(53)65-58(52)56(38-50)61(3,4)54-18-13-19-55(60(54)65)62(57,5)6/h7-39H,1-6H3. The maximum Gasteiger partial charge on any atom is 0.0583 e. The number of rotatable bonds is 8.